The van der Waals surface area contributed by atoms with Gasteiger partial charge in [-0.15, -0.1) is 0 Å². The summed E-state index contributed by atoms with van der Waals surface area (Å²) >= 11 is 0. The van der Waals surface area contributed by atoms with E-state index in [9.17, 15) is 5.11 Å². The molecular formula is C14H18NO. The van der Waals surface area contributed by atoms with Crippen molar-refractivity contribution in [3.63, 3.8) is 0 Å². The molecule has 2 N–H and O–H groups in total. The lowest BCUT2D eigenvalue weighted by Crippen LogP contribution is -2.37. The van der Waals surface area contributed by atoms with Gasteiger partial charge < -0.3 is 10.4 Å². The third-order valence-corrected chi connectivity index (χ3v) is 3.02. The lowest BCUT2D eigenvalue weighted by molar-refractivity contribution is 0.225. The first-order valence-corrected chi connectivity index (χ1v) is 5.78. The molecule has 2 atom stereocenters. The molecular weight excluding hydrogens is 198 g/mol. The Morgan fingerprint density at radius 2 is 2.00 bits per heavy atom. The maximum absolute atomic E-state index is 9.77. The van der Waals surface area contributed by atoms with Crippen LogP contribution in [0.1, 0.15) is 31.4 Å². The zero-order valence-electron chi connectivity index (χ0n) is 9.56. The predicted octanol–water partition coefficient (Wildman–Crippen LogP) is 2.96. The minimum atomic E-state index is 0.0974. The van der Waals surface area contributed by atoms with Crippen molar-refractivity contribution < 1.29 is 5.11 Å². The number of aliphatic hydroxyl groups is 1. The zero-order valence-corrected chi connectivity index (χ0v) is 9.56. The van der Waals surface area contributed by atoms with Crippen molar-refractivity contribution in [2.45, 2.75) is 31.8 Å². The molecule has 0 heterocycles. The highest BCUT2D eigenvalue weighted by Gasteiger charge is 2.22. The van der Waals surface area contributed by atoms with E-state index in [0.29, 0.717) is 12.5 Å². The van der Waals surface area contributed by atoms with Gasteiger partial charge in [-0.1, -0.05) is 42.5 Å². The topological polar surface area (TPSA) is 32.3 Å². The molecule has 1 aromatic carbocycles. The molecule has 0 unspecified atom stereocenters. The summed E-state index contributed by atoms with van der Waals surface area (Å²) in [7, 11) is 0. The number of aliphatic hydroxyl groups excluding tert-OH is 1. The van der Waals surface area contributed by atoms with Crippen LogP contribution in [-0.4, -0.2) is 11.1 Å². The molecule has 85 valence electrons. The number of hydrogen-bond donors (Lipinski definition) is 2. The van der Waals surface area contributed by atoms with Crippen LogP contribution >= 0.6 is 0 Å². The van der Waals surface area contributed by atoms with E-state index < -0.39 is 0 Å². The second-order valence-corrected chi connectivity index (χ2v) is 4.25. The Labute approximate surface area is 97.0 Å². The monoisotopic (exact) mass is 216 g/mol. The molecule has 0 aromatic heterocycles. The second-order valence-electron chi connectivity index (χ2n) is 4.25. The predicted molar refractivity (Wildman–Crippen MR) is 65.3 cm³/mol. The standard InChI is InChI=1S/C14H18NO/c1-11(12-7-3-2-4-8-12)15-13-9-5-6-10-14(13)16/h2-8,11,13,15-16H,9-10H2,1H3/t11-,13-/m0/s1. The molecule has 0 saturated carbocycles. The fourth-order valence-corrected chi connectivity index (χ4v) is 2.02. The van der Waals surface area contributed by atoms with Gasteiger partial charge in [0, 0.05) is 12.1 Å². The van der Waals surface area contributed by atoms with Gasteiger partial charge in [0.1, 0.15) is 6.10 Å². The van der Waals surface area contributed by atoms with Crippen LogP contribution in [0.4, 0.5) is 0 Å². The molecule has 0 fully saturated rings. The Hall–Kier alpha value is -1.12. The first kappa shape index (κ1) is 11.4. The molecule has 16 heavy (non-hydrogen) atoms. The number of nitrogens with one attached hydrogen (secondary N) is 1. The summed E-state index contributed by atoms with van der Waals surface area (Å²) in [5, 5.41) is 13.2. The van der Waals surface area contributed by atoms with Gasteiger partial charge in [0.15, 0.2) is 0 Å². The van der Waals surface area contributed by atoms with Gasteiger partial charge in [-0.05, 0) is 25.3 Å². The minimum absolute atomic E-state index is 0.0974. The van der Waals surface area contributed by atoms with Crippen molar-refractivity contribution in [2.75, 3.05) is 0 Å². The largest absolute Gasteiger partial charge is 0.385 e. The summed E-state index contributed by atoms with van der Waals surface area (Å²) in [6.07, 6.45) is 6.24. The van der Waals surface area contributed by atoms with Gasteiger partial charge in [-0.25, -0.2) is 0 Å². The van der Waals surface area contributed by atoms with Crippen LogP contribution in [-0.2, 0) is 0 Å². The average molecular weight is 216 g/mol. The molecule has 1 aromatic rings. The lowest BCUT2D eigenvalue weighted by Gasteiger charge is -2.27. The molecule has 2 nitrogen and oxygen atoms in total. The van der Waals surface area contributed by atoms with Crippen LogP contribution in [0, 0.1) is 6.10 Å². The van der Waals surface area contributed by atoms with Crippen LogP contribution in [0.2, 0.25) is 0 Å². The normalized spacial score (nSPS) is 23.2. The highest BCUT2D eigenvalue weighted by Crippen LogP contribution is 2.21. The molecule has 1 aliphatic carbocycles. The molecule has 2 rings (SSSR count). The van der Waals surface area contributed by atoms with E-state index in [1.807, 2.05) is 24.3 Å². The first-order valence-electron chi connectivity index (χ1n) is 5.78. The Balaban J connectivity index is 1.97. The summed E-state index contributed by atoms with van der Waals surface area (Å²) < 4.78 is 0. The van der Waals surface area contributed by atoms with Crippen molar-refractivity contribution in [2.24, 2.45) is 0 Å². The minimum Gasteiger partial charge on any atom is -0.385 e. The van der Waals surface area contributed by atoms with Gasteiger partial charge >= 0.3 is 0 Å². The van der Waals surface area contributed by atoms with Crippen LogP contribution in [0.25, 0.3) is 0 Å². The van der Waals surface area contributed by atoms with Crippen LogP contribution in [0.15, 0.2) is 42.5 Å². The summed E-state index contributed by atoms with van der Waals surface area (Å²) in [5.74, 6) is 0. The molecule has 1 aliphatic rings. The summed E-state index contributed by atoms with van der Waals surface area (Å²) in [6.45, 7) is 2.13. The molecule has 0 saturated heterocycles. The first-order chi connectivity index (χ1) is 7.77. The third kappa shape index (κ3) is 2.71. The highest BCUT2D eigenvalue weighted by molar-refractivity contribution is 5.19. The summed E-state index contributed by atoms with van der Waals surface area (Å²) in [4.78, 5) is 0. The number of hydrogen-bond acceptors (Lipinski definition) is 2. The quantitative estimate of drug-likeness (QED) is 0.761. The third-order valence-electron chi connectivity index (χ3n) is 3.02. The van der Waals surface area contributed by atoms with E-state index in [1.54, 1.807) is 0 Å². The average Bonchev–Trinajstić information content (AvgIpc) is 2.33. The van der Waals surface area contributed by atoms with Crippen LogP contribution < -0.4 is 5.32 Å². The Morgan fingerprint density at radius 1 is 1.25 bits per heavy atom. The SMILES string of the molecule is C[C@H](N[C@H]1CC=CC[C]1O)c1ccccc1. The van der Waals surface area contributed by atoms with Gasteiger partial charge in [0.25, 0.3) is 0 Å². The van der Waals surface area contributed by atoms with E-state index in [2.05, 4.69) is 30.4 Å². The molecule has 0 bridgehead atoms. The number of benzene rings is 1. The smallest absolute Gasteiger partial charge is 0.114 e. The van der Waals surface area contributed by atoms with E-state index in [1.165, 1.54) is 5.56 Å². The van der Waals surface area contributed by atoms with Crippen molar-refractivity contribution in [1.29, 1.82) is 0 Å². The lowest BCUT2D eigenvalue weighted by atomic mass is 9.97. The van der Waals surface area contributed by atoms with Crippen molar-refractivity contribution in [1.82, 2.24) is 5.32 Å². The second kappa shape index (κ2) is 5.28. The zero-order chi connectivity index (χ0) is 11.4. The molecule has 0 amide bonds. The molecule has 2 heteroatoms. The summed E-state index contributed by atoms with van der Waals surface area (Å²) in [5.41, 5.74) is 1.25. The van der Waals surface area contributed by atoms with Crippen molar-refractivity contribution >= 4 is 0 Å². The van der Waals surface area contributed by atoms with E-state index in [4.69, 9.17) is 0 Å². The van der Waals surface area contributed by atoms with Gasteiger partial charge in [0.05, 0.1) is 0 Å². The molecule has 0 spiro atoms. The van der Waals surface area contributed by atoms with Crippen molar-refractivity contribution in [3.05, 3.63) is 54.2 Å². The maximum atomic E-state index is 9.77. The molecule has 0 aliphatic heterocycles. The van der Waals surface area contributed by atoms with E-state index in [-0.39, 0.29) is 12.1 Å². The number of rotatable bonds is 3. The van der Waals surface area contributed by atoms with E-state index >= 15 is 0 Å². The van der Waals surface area contributed by atoms with Gasteiger partial charge in [-0.3, -0.25) is 0 Å². The Bertz CT molecular complexity index is 347. The fourth-order valence-electron chi connectivity index (χ4n) is 2.02. The Morgan fingerprint density at radius 3 is 2.69 bits per heavy atom. The Kier molecular flexibility index (Phi) is 3.75. The molecule has 1 radical (unpaired) electrons. The van der Waals surface area contributed by atoms with E-state index in [0.717, 1.165) is 6.42 Å². The maximum Gasteiger partial charge on any atom is 0.114 e. The van der Waals surface area contributed by atoms with Crippen LogP contribution in [0.3, 0.4) is 0 Å². The summed E-state index contributed by atoms with van der Waals surface area (Å²) in [6, 6.07) is 10.7. The highest BCUT2D eigenvalue weighted by atomic mass is 16.3. The van der Waals surface area contributed by atoms with Crippen LogP contribution in [0.5, 0.6) is 0 Å². The fraction of sp³-hybridized carbons (Fsp3) is 0.357. The van der Waals surface area contributed by atoms with Gasteiger partial charge in [0.2, 0.25) is 0 Å². The van der Waals surface area contributed by atoms with Gasteiger partial charge in [-0.2, -0.15) is 0 Å². The van der Waals surface area contributed by atoms with Crippen molar-refractivity contribution in [3.8, 4) is 0 Å².